The number of nitrogens with one attached hydrogen (secondary N) is 1. The summed E-state index contributed by atoms with van der Waals surface area (Å²) >= 11 is 0. The SMILES string of the molecule is O=C(O)C1(CCO)CCNC1. The molecule has 1 atom stereocenters. The van der Waals surface area contributed by atoms with E-state index in [1.54, 1.807) is 0 Å². The van der Waals surface area contributed by atoms with Gasteiger partial charge in [0.05, 0.1) is 5.41 Å². The molecule has 3 N–H and O–H groups in total. The van der Waals surface area contributed by atoms with Gasteiger partial charge in [-0.05, 0) is 19.4 Å². The Balaban J connectivity index is 2.62. The molecule has 1 fully saturated rings. The Morgan fingerprint density at radius 2 is 2.36 bits per heavy atom. The number of carboxylic acid groups (broad SMARTS) is 1. The minimum atomic E-state index is -0.795. The molecule has 0 amide bonds. The van der Waals surface area contributed by atoms with Crippen LogP contribution in [0.4, 0.5) is 0 Å². The maximum Gasteiger partial charge on any atom is 0.311 e. The van der Waals surface area contributed by atoms with Crippen molar-refractivity contribution < 1.29 is 15.0 Å². The lowest BCUT2D eigenvalue weighted by molar-refractivity contribution is -0.148. The van der Waals surface area contributed by atoms with Crippen LogP contribution in [-0.2, 0) is 4.79 Å². The van der Waals surface area contributed by atoms with Gasteiger partial charge in [-0.15, -0.1) is 0 Å². The highest BCUT2D eigenvalue weighted by atomic mass is 16.4. The third-order valence-corrected chi connectivity index (χ3v) is 2.29. The fourth-order valence-electron chi connectivity index (χ4n) is 1.46. The second-order valence-electron chi connectivity index (χ2n) is 2.99. The first-order valence-electron chi connectivity index (χ1n) is 3.76. The van der Waals surface area contributed by atoms with Gasteiger partial charge in [-0.3, -0.25) is 4.79 Å². The number of carbonyl (C=O) groups is 1. The summed E-state index contributed by atoms with van der Waals surface area (Å²) in [5, 5.41) is 20.5. The molecule has 0 aliphatic carbocycles. The summed E-state index contributed by atoms with van der Waals surface area (Å²) in [7, 11) is 0. The number of hydrogen-bond donors (Lipinski definition) is 3. The monoisotopic (exact) mass is 159 g/mol. The minimum Gasteiger partial charge on any atom is -0.481 e. The molecule has 0 spiro atoms. The molecule has 0 radical (unpaired) electrons. The molecule has 0 bridgehead atoms. The number of carboxylic acids is 1. The van der Waals surface area contributed by atoms with Crippen LogP contribution in [0.15, 0.2) is 0 Å². The topological polar surface area (TPSA) is 69.6 Å². The molecular formula is C7H13NO3. The van der Waals surface area contributed by atoms with Crippen molar-refractivity contribution in [2.45, 2.75) is 12.8 Å². The van der Waals surface area contributed by atoms with Gasteiger partial charge in [0.1, 0.15) is 0 Å². The predicted octanol–water partition coefficient (Wildman–Crippen LogP) is -0.567. The van der Waals surface area contributed by atoms with Crippen molar-refractivity contribution >= 4 is 5.97 Å². The van der Waals surface area contributed by atoms with Crippen molar-refractivity contribution in [3.8, 4) is 0 Å². The second-order valence-corrected chi connectivity index (χ2v) is 2.99. The lowest BCUT2D eigenvalue weighted by Crippen LogP contribution is -2.34. The van der Waals surface area contributed by atoms with Crippen molar-refractivity contribution in [2.75, 3.05) is 19.7 Å². The molecule has 1 saturated heterocycles. The second kappa shape index (κ2) is 3.19. The first kappa shape index (κ1) is 8.49. The molecule has 1 aliphatic heterocycles. The van der Waals surface area contributed by atoms with Gasteiger partial charge in [-0.2, -0.15) is 0 Å². The van der Waals surface area contributed by atoms with Crippen LogP contribution in [0.3, 0.4) is 0 Å². The van der Waals surface area contributed by atoms with E-state index in [1.807, 2.05) is 0 Å². The van der Waals surface area contributed by atoms with Gasteiger partial charge in [0.2, 0.25) is 0 Å². The zero-order valence-corrected chi connectivity index (χ0v) is 6.34. The zero-order chi connectivity index (χ0) is 8.32. The Morgan fingerprint density at radius 1 is 1.64 bits per heavy atom. The quantitative estimate of drug-likeness (QED) is 0.516. The highest BCUT2D eigenvalue weighted by molar-refractivity contribution is 5.75. The summed E-state index contributed by atoms with van der Waals surface area (Å²) < 4.78 is 0. The van der Waals surface area contributed by atoms with E-state index in [4.69, 9.17) is 10.2 Å². The molecule has 64 valence electrons. The van der Waals surface area contributed by atoms with E-state index in [2.05, 4.69) is 5.32 Å². The Kier molecular flexibility index (Phi) is 2.46. The summed E-state index contributed by atoms with van der Waals surface area (Å²) in [6.45, 7) is 1.18. The summed E-state index contributed by atoms with van der Waals surface area (Å²) in [6, 6.07) is 0. The van der Waals surface area contributed by atoms with Gasteiger partial charge in [0.15, 0.2) is 0 Å². The molecule has 11 heavy (non-hydrogen) atoms. The lowest BCUT2D eigenvalue weighted by Gasteiger charge is -2.20. The highest BCUT2D eigenvalue weighted by Gasteiger charge is 2.40. The van der Waals surface area contributed by atoms with Crippen molar-refractivity contribution in [2.24, 2.45) is 5.41 Å². The summed E-state index contributed by atoms with van der Waals surface area (Å²) in [5.41, 5.74) is -0.700. The maximum absolute atomic E-state index is 10.8. The van der Waals surface area contributed by atoms with E-state index in [-0.39, 0.29) is 6.61 Å². The molecule has 0 aromatic carbocycles. The van der Waals surface area contributed by atoms with Crippen LogP contribution in [0.2, 0.25) is 0 Å². The lowest BCUT2D eigenvalue weighted by atomic mass is 9.84. The van der Waals surface area contributed by atoms with Crippen LogP contribution >= 0.6 is 0 Å². The number of aliphatic hydroxyl groups excluding tert-OH is 1. The van der Waals surface area contributed by atoms with Crippen molar-refractivity contribution in [3.05, 3.63) is 0 Å². The molecule has 4 nitrogen and oxygen atoms in total. The van der Waals surface area contributed by atoms with Crippen LogP contribution in [0, 0.1) is 5.41 Å². The summed E-state index contributed by atoms with van der Waals surface area (Å²) in [4.78, 5) is 10.8. The fourth-order valence-corrected chi connectivity index (χ4v) is 1.46. The van der Waals surface area contributed by atoms with Crippen LogP contribution in [0.1, 0.15) is 12.8 Å². The minimum absolute atomic E-state index is 0.0476. The first-order chi connectivity index (χ1) is 5.21. The third kappa shape index (κ3) is 1.52. The standard InChI is InChI=1S/C7H13NO3/c9-4-2-7(6(10)11)1-3-8-5-7/h8-9H,1-5H2,(H,10,11). The Morgan fingerprint density at radius 3 is 2.73 bits per heavy atom. The van der Waals surface area contributed by atoms with E-state index in [9.17, 15) is 4.79 Å². The normalized spacial score (nSPS) is 30.6. The summed E-state index contributed by atoms with van der Waals surface area (Å²) in [5.74, 6) is -0.795. The molecular weight excluding hydrogens is 146 g/mol. The van der Waals surface area contributed by atoms with Crippen LogP contribution in [-0.4, -0.2) is 35.9 Å². The van der Waals surface area contributed by atoms with Crippen LogP contribution in [0.5, 0.6) is 0 Å². The van der Waals surface area contributed by atoms with Crippen LogP contribution in [0.25, 0.3) is 0 Å². The van der Waals surface area contributed by atoms with Gasteiger partial charge in [0, 0.05) is 13.2 Å². The van der Waals surface area contributed by atoms with Gasteiger partial charge >= 0.3 is 5.97 Å². The van der Waals surface area contributed by atoms with E-state index in [1.165, 1.54) is 0 Å². The molecule has 1 rings (SSSR count). The average molecular weight is 159 g/mol. The first-order valence-corrected chi connectivity index (χ1v) is 3.76. The Labute approximate surface area is 65.2 Å². The number of rotatable bonds is 3. The van der Waals surface area contributed by atoms with Crippen molar-refractivity contribution in [1.82, 2.24) is 5.32 Å². The Hall–Kier alpha value is -0.610. The maximum atomic E-state index is 10.8. The molecule has 1 aliphatic rings. The van der Waals surface area contributed by atoms with Gasteiger partial charge in [-0.25, -0.2) is 0 Å². The molecule has 1 unspecified atom stereocenters. The molecule has 1 heterocycles. The Bertz CT molecular complexity index is 152. The smallest absolute Gasteiger partial charge is 0.311 e. The molecule has 0 saturated carbocycles. The van der Waals surface area contributed by atoms with Crippen LogP contribution < -0.4 is 5.32 Å². The average Bonchev–Trinajstić information content (AvgIpc) is 2.38. The predicted molar refractivity (Wildman–Crippen MR) is 39.3 cm³/mol. The highest BCUT2D eigenvalue weighted by Crippen LogP contribution is 2.29. The third-order valence-electron chi connectivity index (χ3n) is 2.29. The number of aliphatic carboxylic acids is 1. The van der Waals surface area contributed by atoms with E-state index >= 15 is 0 Å². The van der Waals surface area contributed by atoms with Gasteiger partial charge in [0.25, 0.3) is 0 Å². The number of aliphatic hydroxyl groups is 1. The largest absolute Gasteiger partial charge is 0.481 e. The molecule has 4 heteroatoms. The summed E-state index contributed by atoms with van der Waals surface area (Å²) in [6.07, 6.45) is 0.984. The fraction of sp³-hybridized carbons (Fsp3) is 0.857. The molecule has 0 aromatic heterocycles. The van der Waals surface area contributed by atoms with Crippen molar-refractivity contribution in [1.29, 1.82) is 0 Å². The number of hydrogen-bond acceptors (Lipinski definition) is 3. The van der Waals surface area contributed by atoms with E-state index in [0.717, 1.165) is 6.54 Å². The van der Waals surface area contributed by atoms with Gasteiger partial charge < -0.3 is 15.5 Å². The molecule has 0 aromatic rings. The van der Waals surface area contributed by atoms with Crippen molar-refractivity contribution in [3.63, 3.8) is 0 Å². The zero-order valence-electron chi connectivity index (χ0n) is 6.34. The van der Waals surface area contributed by atoms with E-state index < -0.39 is 11.4 Å². The van der Waals surface area contributed by atoms with E-state index in [0.29, 0.717) is 19.4 Å². The van der Waals surface area contributed by atoms with Gasteiger partial charge in [-0.1, -0.05) is 0 Å².